The Morgan fingerprint density at radius 1 is 0.496 bits per heavy atom. The molecule has 0 saturated heterocycles. The van der Waals surface area contributed by atoms with Crippen LogP contribution in [0.2, 0.25) is 0 Å². The summed E-state index contributed by atoms with van der Waals surface area (Å²) in [6.45, 7) is 9.98. The van der Waals surface area contributed by atoms with Gasteiger partial charge in [0, 0.05) is 91.5 Å². The number of hydrogen-bond acceptors (Lipinski definition) is 21. The molecule has 0 aromatic heterocycles. The van der Waals surface area contributed by atoms with Gasteiger partial charge in [-0.2, -0.15) is 6.42 Å². The van der Waals surface area contributed by atoms with Crippen molar-refractivity contribution in [3.63, 3.8) is 0 Å². The van der Waals surface area contributed by atoms with Crippen LogP contribution in [-0.4, -0.2) is 183 Å². The third-order valence-corrected chi connectivity index (χ3v) is 22.3. The van der Waals surface area contributed by atoms with Crippen LogP contribution in [0.25, 0.3) is 0 Å². The van der Waals surface area contributed by atoms with Gasteiger partial charge >= 0.3 is 40.4 Å². The zero-order valence-corrected chi connectivity index (χ0v) is 81.3. The monoisotopic (exact) mass is 2000 g/mol. The minimum Gasteiger partial charge on any atom is -0.491 e. The molecule has 3 aliphatic heterocycles. The van der Waals surface area contributed by atoms with Gasteiger partial charge in [-0.3, -0.25) is 14.6 Å². The van der Waals surface area contributed by atoms with Crippen molar-refractivity contribution >= 4 is 82.7 Å². The second-order valence-corrected chi connectivity index (χ2v) is 32.4. The molecule has 11 aromatic rings. The number of nitrogens with zero attached hydrogens (tertiary/aromatic N) is 2. The number of unbranched alkanes of at least 4 members (excludes halogenated alkanes) is 1. The molecule has 0 fully saturated rings. The molecule has 22 nitrogen and oxygen atoms in total. The van der Waals surface area contributed by atoms with Crippen molar-refractivity contribution in [2.45, 2.75) is 122 Å². The van der Waals surface area contributed by atoms with Crippen LogP contribution in [0.1, 0.15) is 112 Å². The molecular weight excluding hydrogens is 1880 g/mol. The summed E-state index contributed by atoms with van der Waals surface area (Å²) < 4.78 is 126. The summed E-state index contributed by atoms with van der Waals surface area (Å²) in [4.78, 5) is 13.5. The third-order valence-electron chi connectivity index (χ3n) is 20.6. The van der Waals surface area contributed by atoms with Crippen molar-refractivity contribution in [1.82, 2.24) is 9.80 Å². The number of aliphatic carboxylic acids is 1. The number of carbonyl (C=O) groups is 1. The minimum absolute atomic E-state index is 0. The normalized spacial score (nSPS) is 14.6. The van der Waals surface area contributed by atoms with Crippen LogP contribution in [0.15, 0.2) is 294 Å². The van der Waals surface area contributed by atoms with Gasteiger partial charge in [-0.15, -0.1) is 12.4 Å². The zero-order chi connectivity index (χ0) is 95.3. The average Bonchev–Trinajstić information content (AvgIpc) is 1.63. The molecule has 3 heterocycles. The number of benzene rings is 11. The van der Waals surface area contributed by atoms with Crippen molar-refractivity contribution in [3.05, 3.63) is 362 Å². The second kappa shape index (κ2) is 65.9. The van der Waals surface area contributed by atoms with E-state index in [-0.39, 0.29) is 76.4 Å². The van der Waals surface area contributed by atoms with E-state index in [4.69, 9.17) is 68.5 Å². The molecule has 0 radical (unpaired) electrons. The quantitative estimate of drug-likeness (QED) is 0.0118. The Hall–Kier alpha value is -8.79. The van der Waals surface area contributed by atoms with Crippen LogP contribution in [0.3, 0.4) is 0 Å². The first-order valence-corrected chi connectivity index (χ1v) is 45.5. The molecule has 8 N–H and O–H groups in total. The number of carboxylic acids is 1. The molecule has 14 rings (SSSR count). The fraction of sp³-hybridized carbons (Fsp3) is 0.333. The Bertz CT molecular complexity index is 4920. The van der Waals surface area contributed by atoms with Gasteiger partial charge < -0.3 is 99.8 Å². The number of halogens is 7. The topological polar surface area (TPSA) is 276 Å². The summed E-state index contributed by atoms with van der Waals surface area (Å²) in [6, 6.07) is 92.1. The predicted molar refractivity (Wildman–Crippen MR) is 527 cm³/mol. The van der Waals surface area contributed by atoms with Crippen molar-refractivity contribution in [1.29, 1.82) is 0 Å². The molecule has 718 valence electrons. The van der Waals surface area contributed by atoms with E-state index in [1.807, 2.05) is 206 Å². The van der Waals surface area contributed by atoms with Gasteiger partial charge in [-0.25, -0.2) is 17.6 Å². The SMILES string of the molecule is CC(=O)O.COB(OC)OC.Cl.NC[C@@H](O)c1cccc(OC[C@@H](CF)OCc2ccccc2)c1Br.NC[C@H]1OB2O[C@H](CF)COc3cccc1c32.OB1O[C@H](CN(Cc2ccccc2)Cc2ccccc2)c2cccc(OC[C@@H](CF)OCc3ccccc3)c21.O[C@H](CN(Cc1ccccc1)Cc1ccccc1)c1cccc(OC[C@@H](CF)OCc2ccccc2)c1Br.[CH2-]CCC.[Li+]. The largest absolute Gasteiger partial charge is 1.00 e. The molecule has 135 heavy (non-hydrogen) atoms. The van der Waals surface area contributed by atoms with E-state index in [1.165, 1.54) is 50.0 Å². The Labute approximate surface area is 828 Å². The molecule has 0 aliphatic carbocycles. The number of alkyl halides is 4. The molecule has 0 bridgehead atoms. The fourth-order valence-electron chi connectivity index (χ4n) is 13.8. The maximum absolute atomic E-state index is 13.7. The van der Waals surface area contributed by atoms with Crippen molar-refractivity contribution in [2.75, 3.05) is 101 Å². The molecule has 8 atom stereocenters. The first-order chi connectivity index (χ1) is 64.8. The van der Waals surface area contributed by atoms with Crippen molar-refractivity contribution in [2.24, 2.45) is 11.5 Å². The van der Waals surface area contributed by atoms with E-state index >= 15 is 0 Å². The number of fused-ring (bicyclic) bond motifs is 1. The van der Waals surface area contributed by atoms with Gasteiger partial charge in [0.2, 0.25) is 0 Å². The number of carboxylic acid groups (broad SMARTS) is 1. The van der Waals surface area contributed by atoms with E-state index < -0.39 is 90.8 Å². The maximum atomic E-state index is 13.7. The van der Waals surface area contributed by atoms with Crippen molar-refractivity contribution in [3.8, 4) is 23.0 Å². The van der Waals surface area contributed by atoms with Gasteiger partial charge in [-0.05, 0) is 117 Å². The maximum Gasteiger partial charge on any atom is 1.00 e. The van der Waals surface area contributed by atoms with Crippen LogP contribution in [0.5, 0.6) is 23.0 Å². The van der Waals surface area contributed by atoms with Gasteiger partial charge in [0.1, 0.15) is 101 Å². The van der Waals surface area contributed by atoms with Crippen molar-refractivity contribution < 1.29 is 123 Å². The first kappa shape index (κ1) is 115. The number of hydrogen-bond donors (Lipinski definition) is 6. The Morgan fingerprint density at radius 2 is 0.844 bits per heavy atom. The number of aliphatic hydroxyl groups excluding tert-OH is 2. The Kier molecular flexibility index (Phi) is 56.1. The summed E-state index contributed by atoms with van der Waals surface area (Å²) >= 11 is 7.01. The molecule has 11 aromatic carbocycles. The first-order valence-electron chi connectivity index (χ1n) is 43.9. The van der Waals surface area contributed by atoms with E-state index in [9.17, 15) is 32.8 Å². The number of rotatable bonds is 42. The zero-order valence-electron chi connectivity index (χ0n) is 77.3. The molecular formula is C102H123B3Br2ClF4LiN4O18. The summed E-state index contributed by atoms with van der Waals surface area (Å²) in [7, 11) is 2.34. The van der Waals surface area contributed by atoms with E-state index in [1.54, 1.807) is 30.3 Å². The van der Waals surface area contributed by atoms with Gasteiger partial charge in [0.25, 0.3) is 5.97 Å². The van der Waals surface area contributed by atoms with Gasteiger partial charge in [0.15, 0.2) is 0 Å². The average molecular weight is 2000 g/mol. The summed E-state index contributed by atoms with van der Waals surface area (Å²) in [5.74, 6) is 1.42. The Balaban J connectivity index is 0.000000270. The van der Waals surface area contributed by atoms with Gasteiger partial charge in [0.05, 0.1) is 53.2 Å². The smallest absolute Gasteiger partial charge is 0.491 e. The molecule has 0 saturated carbocycles. The number of nitrogens with two attached hydrogens (primary N) is 2. The van der Waals surface area contributed by atoms with E-state index in [2.05, 4.69) is 118 Å². The molecule has 0 unspecified atom stereocenters. The predicted octanol–water partition coefficient (Wildman–Crippen LogP) is 14.8. The number of aliphatic hydroxyl groups is 2. The molecule has 0 spiro atoms. The Morgan fingerprint density at radius 3 is 1.20 bits per heavy atom. The van der Waals surface area contributed by atoms with Crippen LogP contribution >= 0.6 is 44.3 Å². The van der Waals surface area contributed by atoms with Crippen LogP contribution < -0.4 is 60.2 Å². The number of ether oxygens (including phenoxy) is 7. The van der Waals surface area contributed by atoms with Crippen LogP contribution in [0, 0.1) is 6.92 Å². The fourth-order valence-corrected chi connectivity index (χ4v) is 15.1. The van der Waals surface area contributed by atoms with E-state index in [0.29, 0.717) is 95.5 Å². The minimum atomic E-state index is -1.12. The van der Waals surface area contributed by atoms with Crippen LogP contribution in [-0.2, 0) is 92.9 Å². The summed E-state index contributed by atoms with van der Waals surface area (Å²) in [5, 5.41) is 39.4. The van der Waals surface area contributed by atoms with Crippen LogP contribution in [0.4, 0.5) is 17.6 Å². The van der Waals surface area contributed by atoms with E-state index in [0.717, 1.165) is 65.3 Å². The molecule has 33 heteroatoms. The third kappa shape index (κ3) is 40.3. The molecule has 3 aliphatic rings. The second-order valence-electron chi connectivity index (χ2n) is 30.8. The summed E-state index contributed by atoms with van der Waals surface area (Å²) in [5.41, 5.74) is 23.5. The standard InChI is InChI=1S/C32H33BFNO4.C32H33BrFNO3.C18H21BrFNO3.C11H13BFNO3.C4H9.C3H9BO3.C2H4O2.ClH.Li/c34-19-28(37-23-27-15-8-3-9-16-27)24-38-30-18-10-17-29-31(39-33(36)32(29)30)22-35(20-25-11-4-1-5-12-25)21-26-13-6-2-7-14-26;33-32-29(17-10-18-31(32)38-24-28(19-34)37-23-27-15-8-3-9-16-27)30(36)22-35(20-25-11-4-1-5-12-25)21-26-13-6-2-7-14-26;19-18-15(16(22)10-21)7-4-8-17(18)24-12-14(9-20)23-11-13-5-2-1-3-6-13;13-4-7-6-15-9-3-1-2-8-10(5-14)17-12(16-7)11(8)9;1-3-4-2;1-5-4(6-2)7-3;1-2(3)4;;/h1-18,28,31,36H,19-24H2;1-18,28,30,36H,19-24H2;1-8,14,16,22H,9-12,21H2;1-3,7,10H,4-6,14H2;1,3-4H2,2H3;1-3H3;1H3,(H,3,4);1H;/q;;;;-1;;;;+1/t28-,31-;28-,30-;14-,16-;7-,10-;;;;;/m1111...../s1. The van der Waals surface area contributed by atoms with Gasteiger partial charge in [-0.1, -0.05) is 274 Å². The molecule has 0 amide bonds. The summed E-state index contributed by atoms with van der Waals surface area (Å²) in [6.07, 6.45) is -2.46.